The minimum Gasteiger partial charge on any atom is -0.512 e. The van der Waals surface area contributed by atoms with E-state index in [0.29, 0.717) is 19.0 Å². The molecule has 1 fully saturated rings. The van der Waals surface area contributed by atoms with Crippen molar-refractivity contribution in [2.24, 2.45) is 5.41 Å². The average molecular weight is 142 g/mol. The quantitative estimate of drug-likeness (QED) is 0.596. The second kappa shape index (κ2) is 2.62. The van der Waals surface area contributed by atoms with Crippen molar-refractivity contribution in [1.82, 2.24) is 0 Å². The first-order valence-electron chi connectivity index (χ1n) is 3.68. The number of hydrogen-bond acceptors (Lipinski definition) is 2. The molecule has 0 atom stereocenters. The van der Waals surface area contributed by atoms with Crippen LogP contribution < -0.4 is 0 Å². The highest BCUT2D eigenvalue weighted by molar-refractivity contribution is 5.09. The molecule has 1 heterocycles. The Morgan fingerprint density at radius 1 is 1.70 bits per heavy atom. The van der Waals surface area contributed by atoms with E-state index in [1.807, 2.05) is 6.92 Å². The molecule has 0 unspecified atom stereocenters. The van der Waals surface area contributed by atoms with Gasteiger partial charge in [0.05, 0.1) is 24.4 Å². The smallest absolute Gasteiger partial charge is 0.0987 e. The van der Waals surface area contributed by atoms with Crippen molar-refractivity contribution in [3.05, 3.63) is 11.8 Å². The molecule has 1 saturated heterocycles. The molecule has 0 bridgehead atoms. The zero-order valence-corrected chi connectivity index (χ0v) is 6.55. The molecule has 0 aromatic carbocycles. The van der Waals surface area contributed by atoms with Crippen LogP contribution in [0.15, 0.2) is 11.8 Å². The zero-order chi connectivity index (χ0) is 7.61. The van der Waals surface area contributed by atoms with E-state index in [1.165, 1.54) is 0 Å². The Kier molecular flexibility index (Phi) is 2.00. The van der Waals surface area contributed by atoms with Crippen molar-refractivity contribution < 1.29 is 9.84 Å². The van der Waals surface area contributed by atoms with E-state index in [-0.39, 0.29) is 5.41 Å². The molecule has 1 aliphatic rings. The normalized spacial score (nSPS) is 24.0. The van der Waals surface area contributed by atoms with Gasteiger partial charge < -0.3 is 9.84 Å². The molecule has 58 valence electrons. The first kappa shape index (κ1) is 7.61. The SMILES string of the molecule is CC=C(O)C1(CC)COC1. The van der Waals surface area contributed by atoms with E-state index in [4.69, 9.17) is 4.74 Å². The maximum absolute atomic E-state index is 9.41. The molecule has 1 N–H and O–H groups in total. The minimum atomic E-state index is -0.0330. The van der Waals surface area contributed by atoms with Gasteiger partial charge in [0.15, 0.2) is 0 Å². The summed E-state index contributed by atoms with van der Waals surface area (Å²) in [4.78, 5) is 0. The van der Waals surface area contributed by atoms with E-state index < -0.39 is 0 Å². The van der Waals surface area contributed by atoms with Gasteiger partial charge in [-0.2, -0.15) is 0 Å². The summed E-state index contributed by atoms with van der Waals surface area (Å²) in [5, 5.41) is 9.41. The lowest BCUT2D eigenvalue weighted by atomic mass is 9.81. The summed E-state index contributed by atoms with van der Waals surface area (Å²) in [5.74, 6) is 0.487. The van der Waals surface area contributed by atoms with Crippen molar-refractivity contribution in [1.29, 1.82) is 0 Å². The van der Waals surface area contributed by atoms with E-state index in [2.05, 4.69) is 6.92 Å². The molecule has 10 heavy (non-hydrogen) atoms. The summed E-state index contributed by atoms with van der Waals surface area (Å²) in [6.45, 7) is 5.28. The van der Waals surface area contributed by atoms with Crippen molar-refractivity contribution >= 4 is 0 Å². The molecule has 1 aliphatic heterocycles. The van der Waals surface area contributed by atoms with E-state index >= 15 is 0 Å². The van der Waals surface area contributed by atoms with Gasteiger partial charge in [0.2, 0.25) is 0 Å². The number of aliphatic hydroxyl groups is 1. The molecule has 0 aromatic heterocycles. The summed E-state index contributed by atoms with van der Waals surface area (Å²) in [5.41, 5.74) is -0.0330. The van der Waals surface area contributed by atoms with Crippen LogP contribution in [0.4, 0.5) is 0 Å². The van der Waals surface area contributed by atoms with Gasteiger partial charge in [0.25, 0.3) is 0 Å². The van der Waals surface area contributed by atoms with Crippen molar-refractivity contribution in [3.8, 4) is 0 Å². The first-order chi connectivity index (χ1) is 4.75. The Balaban J connectivity index is 2.64. The van der Waals surface area contributed by atoms with E-state index in [1.54, 1.807) is 6.08 Å². The lowest BCUT2D eigenvalue weighted by molar-refractivity contribution is -0.110. The Morgan fingerprint density at radius 2 is 2.30 bits per heavy atom. The fraction of sp³-hybridized carbons (Fsp3) is 0.750. The van der Waals surface area contributed by atoms with Crippen LogP contribution in [0.1, 0.15) is 20.3 Å². The largest absolute Gasteiger partial charge is 0.512 e. The highest BCUT2D eigenvalue weighted by Crippen LogP contribution is 2.37. The van der Waals surface area contributed by atoms with Crippen LogP contribution in [0.2, 0.25) is 0 Å². The van der Waals surface area contributed by atoms with Gasteiger partial charge >= 0.3 is 0 Å². The summed E-state index contributed by atoms with van der Waals surface area (Å²) in [6, 6.07) is 0. The fourth-order valence-corrected chi connectivity index (χ4v) is 1.19. The van der Waals surface area contributed by atoms with Gasteiger partial charge in [-0.15, -0.1) is 0 Å². The fourth-order valence-electron chi connectivity index (χ4n) is 1.19. The summed E-state index contributed by atoms with van der Waals surface area (Å²) in [7, 11) is 0. The van der Waals surface area contributed by atoms with Crippen molar-refractivity contribution in [2.75, 3.05) is 13.2 Å². The Morgan fingerprint density at radius 3 is 2.40 bits per heavy atom. The zero-order valence-electron chi connectivity index (χ0n) is 6.55. The molecular weight excluding hydrogens is 128 g/mol. The van der Waals surface area contributed by atoms with Gasteiger partial charge in [-0.1, -0.05) is 6.92 Å². The van der Waals surface area contributed by atoms with Gasteiger partial charge in [0, 0.05) is 0 Å². The molecular formula is C8H14O2. The number of hydrogen-bond donors (Lipinski definition) is 1. The second-order valence-electron chi connectivity index (χ2n) is 2.80. The Hall–Kier alpha value is -0.500. The lowest BCUT2D eigenvalue weighted by Gasteiger charge is -2.39. The molecule has 0 saturated carbocycles. The van der Waals surface area contributed by atoms with E-state index in [0.717, 1.165) is 6.42 Å². The van der Waals surface area contributed by atoms with Gasteiger partial charge in [-0.3, -0.25) is 0 Å². The Bertz CT molecular complexity index is 140. The third kappa shape index (κ3) is 0.926. The maximum atomic E-state index is 9.41. The standard InChI is InChI=1S/C8H14O2/c1-3-7(9)8(4-2)5-10-6-8/h3,9H,4-6H2,1-2H3. The van der Waals surface area contributed by atoms with Crippen molar-refractivity contribution in [3.63, 3.8) is 0 Å². The second-order valence-corrected chi connectivity index (χ2v) is 2.80. The predicted molar refractivity (Wildman–Crippen MR) is 39.9 cm³/mol. The monoisotopic (exact) mass is 142 g/mol. The predicted octanol–water partition coefficient (Wildman–Crippen LogP) is 1.87. The van der Waals surface area contributed by atoms with Crippen LogP contribution in [0.5, 0.6) is 0 Å². The van der Waals surface area contributed by atoms with Crippen LogP contribution in [-0.2, 0) is 4.74 Å². The number of aliphatic hydroxyl groups excluding tert-OH is 1. The maximum Gasteiger partial charge on any atom is 0.0987 e. The molecule has 2 nitrogen and oxygen atoms in total. The summed E-state index contributed by atoms with van der Waals surface area (Å²) < 4.78 is 5.05. The molecule has 0 spiro atoms. The van der Waals surface area contributed by atoms with Crippen LogP contribution in [-0.4, -0.2) is 18.3 Å². The highest BCUT2D eigenvalue weighted by Gasteiger charge is 2.40. The topological polar surface area (TPSA) is 29.5 Å². The lowest BCUT2D eigenvalue weighted by Crippen LogP contribution is -2.43. The molecule has 0 aliphatic carbocycles. The highest BCUT2D eigenvalue weighted by atomic mass is 16.5. The van der Waals surface area contributed by atoms with Gasteiger partial charge in [0.1, 0.15) is 0 Å². The van der Waals surface area contributed by atoms with Gasteiger partial charge in [-0.25, -0.2) is 0 Å². The molecule has 0 amide bonds. The summed E-state index contributed by atoms with van der Waals surface area (Å²) >= 11 is 0. The molecule has 1 rings (SSSR count). The van der Waals surface area contributed by atoms with Crippen LogP contribution >= 0.6 is 0 Å². The third-order valence-corrected chi connectivity index (χ3v) is 2.25. The minimum absolute atomic E-state index is 0.0330. The van der Waals surface area contributed by atoms with Crippen LogP contribution in [0.3, 0.4) is 0 Å². The number of rotatable bonds is 2. The number of ether oxygens (including phenoxy) is 1. The average Bonchev–Trinajstić information content (AvgIpc) is 1.86. The number of allylic oxidation sites excluding steroid dienone is 1. The first-order valence-corrected chi connectivity index (χ1v) is 3.68. The molecule has 2 heteroatoms. The third-order valence-electron chi connectivity index (χ3n) is 2.25. The van der Waals surface area contributed by atoms with Crippen molar-refractivity contribution in [2.45, 2.75) is 20.3 Å². The molecule has 0 radical (unpaired) electrons. The van der Waals surface area contributed by atoms with E-state index in [9.17, 15) is 5.11 Å². The summed E-state index contributed by atoms with van der Waals surface area (Å²) in [6.07, 6.45) is 2.72. The van der Waals surface area contributed by atoms with Gasteiger partial charge in [-0.05, 0) is 19.4 Å². The Labute approximate surface area is 61.5 Å². The molecule has 0 aromatic rings. The van der Waals surface area contributed by atoms with Crippen LogP contribution in [0.25, 0.3) is 0 Å². The van der Waals surface area contributed by atoms with Crippen LogP contribution in [0, 0.1) is 5.41 Å².